The molecular formula is C21H19N3O4. The van der Waals surface area contributed by atoms with Crippen LogP contribution in [0.3, 0.4) is 0 Å². The van der Waals surface area contributed by atoms with Crippen molar-refractivity contribution in [1.82, 2.24) is 0 Å². The van der Waals surface area contributed by atoms with Crippen LogP contribution in [0, 0.1) is 11.3 Å². The number of para-hydroxylation sites is 1. The zero-order valence-electron chi connectivity index (χ0n) is 15.2. The highest BCUT2D eigenvalue weighted by Crippen LogP contribution is 2.26. The van der Waals surface area contributed by atoms with Crippen LogP contribution in [0.2, 0.25) is 0 Å². The Labute approximate surface area is 162 Å². The second kappa shape index (κ2) is 8.82. The van der Waals surface area contributed by atoms with Gasteiger partial charge in [0.05, 0.1) is 11.6 Å². The summed E-state index contributed by atoms with van der Waals surface area (Å²) in [5, 5.41) is 11.0. The van der Waals surface area contributed by atoms with Crippen LogP contribution >= 0.6 is 0 Å². The second-order valence-corrected chi connectivity index (χ2v) is 6.31. The minimum absolute atomic E-state index is 0.245. The molecule has 1 aliphatic rings. The van der Waals surface area contributed by atoms with Crippen LogP contribution in [0.4, 0.5) is 11.4 Å². The van der Waals surface area contributed by atoms with E-state index in [1.54, 1.807) is 11.0 Å². The summed E-state index contributed by atoms with van der Waals surface area (Å²) in [6.07, 6.45) is 1.55. The SMILES string of the molecule is N#CCC(=O)Nc1ccc(C(=O)OCC(=O)N2CCCc3ccccc32)cc1. The minimum atomic E-state index is -0.617. The Morgan fingerprint density at radius 1 is 1.11 bits per heavy atom. The first-order valence-electron chi connectivity index (χ1n) is 8.91. The van der Waals surface area contributed by atoms with E-state index in [0.717, 1.165) is 24.1 Å². The van der Waals surface area contributed by atoms with Crippen molar-refractivity contribution in [3.63, 3.8) is 0 Å². The van der Waals surface area contributed by atoms with Crippen molar-refractivity contribution < 1.29 is 19.1 Å². The van der Waals surface area contributed by atoms with E-state index in [4.69, 9.17) is 10.00 Å². The number of hydrogen-bond donors (Lipinski definition) is 1. The first kappa shape index (κ1) is 19.1. The average Bonchev–Trinajstić information content (AvgIpc) is 2.72. The third kappa shape index (κ3) is 4.54. The van der Waals surface area contributed by atoms with Crippen LogP contribution < -0.4 is 10.2 Å². The molecule has 0 unspecified atom stereocenters. The molecule has 0 spiro atoms. The lowest BCUT2D eigenvalue weighted by atomic mass is 10.0. The van der Waals surface area contributed by atoms with Crippen LogP contribution in [0.15, 0.2) is 48.5 Å². The zero-order chi connectivity index (χ0) is 19.9. The third-order valence-corrected chi connectivity index (χ3v) is 4.38. The Kier molecular flexibility index (Phi) is 6.02. The van der Waals surface area contributed by atoms with Gasteiger partial charge in [-0.2, -0.15) is 5.26 Å². The van der Waals surface area contributed by atoms with E-state index >= 15 is 0 Å². The van der Waals surface area contributed by atoms with Crippen molar-refractivity contribution in [2.45, 2.75) is 19.3 Å². The number of carbonyl (C=O) groups excluding carboxylic acids is 3. The third-order valence-electron chi connectivity index (χ3n) is 4.38. The molecule has 0 saturated heterocycles. The molecule has 0 aliphatic carbocycles. The number of anilines is 2. The zero-order valence-corrected chi connectivity index (χ0v) is 15.2. The number of benzene rings is 2. The molecule has 2 amide bonds. The van der Waals surface area contributed by atoms with E-state index in [0.29, 0.717) is 12.2 Å². The van der Waals surface area contributed by atoms with Gasteiger partial charge in [0.2, 0.25) is 5.91 Å². The van der Waals surface area contributed by atoms with Crippen molar-refractivity contribution in [3.8, 4) is 6.07 Å². The Bertz CT molecular complexity index is 931. The van der Waals surface area contributed by atoms with Gasteiger partial charge < -0.3 is 15.0 Å². The molecule has 0 aromatic heterocycles. The smallest absolute Gasteiger partial charge is 0.338 e. The summed E-state index contributed by atoms with van der Waals surface area (Å²) < 4.78 is 5.16. The fourth-order valence-corrected chi connectivity index (χ4v) is 3.05. The summed E-state index contributed by atoms with van der Waals surface area (Å²) in [7, 11) is 0. The van der Waals surface area contributed by atoms with Crippen LogP contribution in [0.5, 0.6) is 0 Å². The van der Waals surface area contributed by atoms with E-state index in [9.17, 15) is 14.4 Å². The summed E-state index contributed by atoms with van der Waals surface area (Å²) in [6, 6.07) is 15.5. The van der Waals surface area contributed by atoms with E-state index in [1.165, 1.54) is 24.3 Å². The predicted molar refractivity (Wildman–Crippen MR) is 103 cm³/mol. The van der Waals surface area contributed by atoms with Gasteiger partial charge in [-0.15, -0.1) is 0 Å². The largest absolute Gasteiger partial charge is 0.452 e. The summed E-state index contributed by atoms with van der Waals surface area (Å²) in [4.78, 5) is 37.7. The van der Waals surface area contributed by atoms with Crippen molar-refractivity contribution >= 4 is 29.2 Å². The van der Waals surface area contributed by atoms with Crippen molar-refractivity contribution in [3.05, 3.63) is 59.7 Å². The van der Waals surface area contributed by atoms with Gasteiger partial charge in [0.15, 0.2) is 6.61 Å². The lowest BCUT2D eigenvalue weighted by molar-refractivity contribution is -0.121. The highest BCUT2D eigenvalue weighted by molar-refractivity contribution is 5.98. The van der Waals surface area contributed by atoms with Crippen molar-refractivity contribution in [1.29, 1.82) is 5.26 Å². The van der Waals surface area contributed by atoms with E-state index in [-0.39, 0.29) is 24.5 Å². The number of nitrogens with one attached hydrogen (secondary N) is 1. The molecule has 7 nitrogen and oxygen atoms in total. The van der Waals surface area contributed by atoms with Gasteiger partial charge in [-0.25, -0.2) is 4.79 Å². The Balaban J connectivity index is 1.56. The Morgan fingerprint density at radius 3 is 2.61 bits per heavy atom. The quantitative estimate of drug-likeness (QED) is 0.808. The number of fused-ring (bicyclic) bond motifs is 1. The van der Waals surface area contributed by atoms with Crippen LogP contribution in [0.1, 0.15) is 28.8 Å². The van der Waals surface area contributed by atoms with Gasteiger partial charge in [0.25, 0.3) is 5.91 Å². The summed E-state index contributed by atoms with van der Waals surface area (Å²) in [5.41, 5.74) is 2.72. The molecule has 3 rings (SSSR count). The van der Waals surface area contributed by atoms with Gasteiger partial charge in [-0.3, -0.25) is 9.59 Å². The standard InChI is InChI=1S/C21H19N3O4/c22-12-11-19(25)23-17-9-7-16(8-10-17)21(27)28-14-20(26)24-13-3-5-15-4-1-2-6-18(15)24/h1-2,4,6-10H,3,5,11,13-14H2,(H,23,25). The maximum Gasteiger partial charge on any atom is 0.338 e. The number of aryl methyl sites for hydroxylation is 1. The molecule has 1 aliphatic heterocycles. The van der Waals surface area contributed by atoms with Crippen LogP contribution in [-0.2, 0) is 20.7 Å². The van der Waals surface area contributed by atoms with Crippen molar-refractivity contribution in [2.75, 3.05) is 23.4 Å². The summed E-state index contributed by atoms with van der Waals surface area (Å²) in [6.45, 7) is 0.262. The number of rotatable bonds is 5. The number of ether oxygens (including phenoxy) is 1. The Hall–Kier alpha value is -3.66. The van der Waals surface area contributed by atoms with Gasteiger partial charge in [-0.05, 0) is 48.7 Å². The molecule has 142 valence electrons. The molecule has 0 saturated carbocycles. The van der Waals surface area contributed by atoms with Gasteiger partial charge in [0.1, 0.15) is 6.42 Å². The number of amides is 2. The van der Waals surface area contributed by atoms with Crippen LogP contribution in [-0.4, -0.2) is 30.9 Å². The molecule has 1 N–H and O–H groups in total. The second-order valence-electron chi connectivity index (χ2n) is 6.31. The average molecular weight is 377 g/mol. The van der Waals surface area contributed by atoms with E-state index < -0.39 is 11.9 Å². The number of esters is 1. The number of hydrogen-bond acceptors (Lipinski definition) is 5. The fraction of sp³-hybridized carbons (Fsp3) is 0.238. The summed E-state index contributed by atoms with van der Waals surface area (Å²) >= 11 is 0. The topological polar surface area (TPSA) is 99.5 Å². The highest BCUT2D eigenvalue weighted by atomic mass is 16.5. The normalized spacial score (nSPS) is 12.5. The molecule has 2 aromatic rings. The maximum atomic E-state index is 12.5. The lowest BCUT2D eigenvalue weighted by Crippen LogP contribution is -2.38. The molecule has 28 heavy (non-hydrogen) atoms. The van der Waals surface area contributed by atoms with Gasteiger partial charge >= 0.3 is 5.97 Å². The van der Waals surface area contributed by atoms with Gasteiger partial charge in [-0.1, -0.05) is 18.2 Å². The van der Waals surface area contributed by atoms with Crippen LogP contribution in [0.25, 0.3) is 0 Å². The summed E-state index contributed by atoms with van der Waals surface area (Å²) in [5.74, 6) is -1.31. The number of nitrogens with zero attached hydrogens (tertiary/aromatic N) is 2. The first-order chi connectivity index (χ1) is 13.6. The van der Waals surface area contributed by atoms with E-state index in [1.807, 2.05) is 24.3 Å². The first-order valence-corrected chi connectivity index (χ1v) is 8.91. The molecule has 7 heteroatoms. The van der Waals surface area contributed by atoms with Gasteiger partial charge in [0, 0.05) is 17.9 Å². The molecule has 0 radical (unpaired) electrons. The number of carbonyl (C=O) groups is 3. The van der Waals surface area contributed by atoms with E-state index in [2.05, 4.69) is 5.32 Å². The minimum Gasteiger partial charge on any atom is -0.452 e. The van der Waals surface area contributed by atoms with Crippen molar-refractivity contribution in [2.24, 2.45) is 0 Å². The predicted octanol–water partition coefficient (Wildman–Crippen LogP) is 2.67. The molecule has 2 aromatic carbocycles. The molecule has 0 fully saturated rings. The Morgan fingerprint density at radius 2 is 1.86 bits per heavy atom. The fourth-order valence-electron chi connectivity index (χ4n) is 3.05. The highest BCUT2D eigenvalue weighted by Gasteiger charge is 2.23. The molecular weight excluding hydrogens is 358 g/mol. The number of nitriles is 1. The maximum absolute atomic E-state index is 12.5. The molecule has 1 heterocycles. The lowest BCUT2D eigenvalue weighted by Gasteiger charge is -2.29. The monoisotopic (exact) mass is 377 g/mol. The molecule has 0 bridgehead atoms. The molecule has 0 atom stereocenters.